The second-order valence-corrected chi connectivity index (χ2v) is 7.31. The molecule has 0 saturated heterocycles. The van der Waals surface area contributed by atoms with Gasteiger partial charge in [0.1, 0.15) is 0 Å². The molecule has 0 radical (unpaired) electrons. The first-order valence-electron chi connectivity index (χ1n) is 5.99. The molecule has 0 spiro atoms. The summed E-state index contributed by atoms with van der Waals surface area (Å²) in [5, 5.41) is 4.33. The van der Waals surface area contributed by atoms with Crippen molar-refractivity contribution >= 4 is 41.7 Å². The predicted octanol–water partition coefficient (Wildman–Crippen LogP) is 4.84. The largest absolute Gasteiger partial charge is 0.0843 e. The molecule has 0 heterocycles. The zero-order valence-electron chi connectivity index (χ0n) is 10.2. The maximum absolute atomic E-state index is 5.95. The number of rotatable bonds is 4. The summed E-state index contributed by atoms with van der Waals surface area (Å²) in [5.41, 5.74) is 0. The van der Waals surface area contributed by atoms with E-state index in [0.29, 0.717) is 0 Å². The average Bonchev–Trinajstić information content (AvgIpc) is 2.39. The summed E-state index contributed by atoms with van der Waals surface area (Å²) in [6.07, 6.45) is 2.37. The molecular weight excluding hydrogens is 282 g/mol. The SMILES string of the molecule is CCCP(c1ccc(Cl)cc1)c1ccc(Cl)cc1. The quantitative estimate of drug-likeness (QED) is 0.709. The van der Waals surface area contributed by atoms with Crippen LogP contribution in [0.25, 0.3) is 0 Å². The highest BCUT2D eigenvalue weighted by atomic mass is 35.5. The lowest BCUT2D eigenvalue weighted by atomic mass is 10.4. The van der Waals surface area contributed by atoms with Crippen LogP contribution < -0.4 is 10.6 Å². The Labute approximate surface area is 120 Å². The zero-order valence-corrected chi connectivity index (χ0v) is 12.6. The third kappa shape index (κ3) is 3.48. The fraction of sp³-hybridized carbons (Fsp3) is 0.200. The minimum Gasteiger partial charge on any atom is -0.0843 e. The second-order valence-electron chi connectivity index (χ2n) is 4.10. The molecule has 0 atom stereocenters. The van der Waals surface area contributed by atoms with Crippen molar-refractivity contribution in [1.29, 1.82) is 0 Å². The molecule has 0 aliphatic rings. The summed E-state index contributed by atoms with van der Waals surface area (Å²) in [6.45, 7) is 2.22. The Morgan fingerprint density at radius 3 is 1.50 bits per heavy atom. The first-order valence-corrected chi connectivity index (χ1v) is 8.27. The van der Waals surface area contributed by atoms with Crippen LogP contribution in [0.5, 0.6) is 0 Å². The molecule has 0 N–H and O–H groups in total. The molecule has 2 rings (SSSR count). The van der Waals surface area contributed by atoms with Gasteiger partial charge in [-0.2, -0.15) is 0 Å². The number of hydrogen-bond donors (Lipinski definition) is 0. The van der Waals surface area contributed by atoms with E-state index in [2.05, 4.69) is 31.2 Å². The van der Waals surface area contributed by atoms with Crippen LogP contribution in [0.15, 0.2) is 48.5 Å². The van der Waals surface area contributed by atoms with Crippen molar-refractivity contribution < 1.29 is 0 Å². The first kappa shape index (κ1) is 13.9. The predicted molar refractivity (Wildman–Crippen MR) is 84.3 cm³/mol. The lowest BCUT2D eigenvalue weighted by Gasteiger charge is -2.18. The minimum atomic E-state index is -0.293. The van der Waals surface area contributed by atoms with Crippen LogP contribution in [0.4, 0.5) is 0 Å². The van der Waals surface area contributed by atoms with Crippen LogP contribution >= 0.6 is 31.1 Å². The molecule has 0 bridgehead atoms. The summed E-state index contributed by atoms with van der Waals surface area (Å²) < 4.78 is 0. The Hall–Kier alpha value is -0.550. The molecule has 0 aliphatic carbocycles. The first-order chi connectivity index (χ1) is 8.70. The van der Waals surface area contributed by atoms with Crippen LogP contribution in [-0.4, -0.2) is 6.16 Å². The molecule has 0 aliphatic heterocycles. The Morgan fingerprint density at radius 2 is 1.17 bits per heavy atom. The van der Waals surface area contributed by atoms with Gasteiger partial charge in [-0.1, -0.05) is 60.8 Å². The van der Waals surface area contributed by atoms with Crippen molar-refractivity contribution in [1.82, 2.24) is 0 Å². The highest BCUT2D eigenvalue weighted by Gasteiger charge is 2.12. The lowest BCUT2D eigenvalue weighted by molar-refractivity contribution is 1.10. The monoisotopic (exact) mass is 296 g/mol. The molecule has 94 valence electrons. The van der Waals surface area contributed by atoms with Crippen molar-refractivity contribution in [3.05, 3.63) is 58.6 Å². The molecule has 0 nitrogen and oxygen atoms in total. The Morgan fingerprint density at radius 1 is 0.778 bits per heavy atom. The van der Waals surface area contributed by atoms with Gasteiger partial charge in [0, 0.05) is 10.0 Å². The Balaban J connectivity index is 2.33. The Bertz CT molecular complexity index is 445. The second kappa shape index (κ2) is 6.57. The molecule has 0 fully saturated rings. The highest BCUT2D eigenvalue weighted by Crippen LogP contribution is 2.34. The van der Waals surface area contributed by atoms with Crippen molar-refractivity contribution in [2.75, 3.05) is 6.16 Å². The lowest BCUT2D eigenvalue weighted by Crippen LogP contribution is -2.13. The van der Waals surface area contributed by atoms with Gasteiger partial charge in [0.05, 0.1) is 0 Å². The van der Waals surface area contributed by atoms with Crippen LogP contribution in [0.3, 0.4) is 0 Å². The maximum Gasteiger partial charge on any atom is 0.0406 e. The van der Waals surface area contributed by atoms with Gasteiger partial charge in [-0.25, -0.2) is 0 Å². The van der Waals surface area contributed by atoms with Gasteiger partial charge in [0.15, 0.2) is 0 Å². The minimum absolute atomic E-state index is 0.293. The third-order valence-electron chi connectivity index (χ3n) is 2.72. The van der Waals surface area contributed by atoms with E-state index in [1.807, 2.05) is 24.3 Å². The van der Waals surface area contributed by atoms with Crippen molar-refractivity contribution in [3.8, 4) is 0 Å². The molecule has 0 aromatic heterocycles. The fourth-order valence-electron chi connectivity index (χ4n) is 1.87. The summed E-state index contributed by atoms with van der Waals surface area (Å²) in [7, 11) is -0.293. The van der Waals surface area contributed by atoms with E-state index in [0.717, 1.165) is 10.0 Å². The van der Waals surface area contributed by atoms with Gasteiger partial charge in [-0.05, 0) is 49.0 Å². The van der Waals surface area contributed by atoms with E-state index in [-0.39, 0.29) is 7.92 Å². The maximum atomic E-state index is 5.95. The van der Waals surface area contributed by atoms with Crippen molar-refractivity contribution in [3.63, 3.8) is 0 Å². The van der Waals surface area contributed by atoms with Crippen LogP contribution in [0.2, 0.25) is 10.0 Å². The summed E-state index contributed by atoms with van der Waals surface area (Å²) in [5.74, 6) is 0. The standard InChI is InChI=1S/C15H15Cl2P/c1-2-11-18(14-7-3-12(16)4-8-14)15-9-5-13(17)6-10-15/h3-10H,2,11H2,1H3. The molecule has 3 heteroatoms. The van der Waals surface area contributed by atoms with E-state index in [1.165, 1.54) is 23.2 Å². The van der Waals surface area contributed by atoms with E-state index < -0.39 is 0 Å². The average molecular weight is 297 g/mol. The van der Waals surface area contributed by atoms with Gasteiger partial charge < -0.3 is 0 Å². The van der Waals surface area contributed by atoms with Gasteiger partial charge in [-0.3, -0.25) is 0 Å². The topological polar surface area (TPSA) is 0 Å². The fourth-order valence-corrected chi connectivity index (χ4v) is 4.40. The third-order valence-corrected chi connectivity index (χ3v) is 5.97. The molecule has 0 saturated carbocycles. The summed E-state index contributed by atoms with van der Waals surface area (Å²) in [6, 6.07) is 16.4. The molecular formula is C15H15Cl2P. The van der Waals surface area contributed by atoms with Crippen LogP contribution in [-0.2, 0) is 0 Å². The van der Waals surface area contributed by atoms with E-state index >= 15 is 0 Å². The van der Waals surface area contributed by atoms with Crippen LogP contribution in [0, 0.1) is 0 Å². The molecule has 2 aromatic rings. The zero-order chi connectivity index (χ0) is 13.0. The summed E-state index contributed by atoms with van der Waals surface area (Å²) >= 11 is 11.9. The van der Waals surface area contributed by atoms with Crippen molar-refractivity contribution in [2.24, 2.45) is 0 Å². The smallest absolute Gasteiger partial charge is 0.0406 e. The number of benzene rings is 2. The van der Waals surface area contributed by atoms with Crippen molar-refractivity contribution in [2.45, 2.75) is 13.3 Å². The van der Waals surface area contributed by atoms with Crippen LogP contribution in [0.1, 0.15) is 13.3 Å². The Kier molecular flexibility index (Phi) is 5.06. The van der Waals surface area contributed by atoms with Gasteiger partial charge in [0.2, 0.25) is 0 Å². The normalized spacial score (nSPS) is 10.9. The van der Waals surface area contributed by atoms with Gasteiger partial charge >= 0.3 is 0 Å². The summed E-state index contributed by atoms with van der Waals surface area (Å²) in [4.78, 5) is 0. The number of halogens is 2. The van der Waals surface area contributed by atoms with E-state index in [4.69, 9.17) is 23.2 Å². The molecule has 2 aromatic carbocycles. The number of hydrogen-bond acceptors (Lipinski definition) is 0. The molecule has 0 unspecified atom stereocenters. The molecule has 18 heavy (non-hydrogen) atoms. The highest BCUT2D eigenvalue weighted by molar-refractivity contribution is 7.73. The molecule has 0 amide bonds. The van der Waals surface area contributed by atoms with Gasteiger partial charge in [-0.15, -0.1) is 0 Å². The van der Waals surface area contributed by atoms with E-state index in [9.17, 15) is 0 Å². The van der Waals surface area contributed by atoms with Gasteiger partial charge in [0.25, 0.3) is 0 Å². The van der Waals surface area contributed by atoms with E-state index in [1.54, 1.807) is 0 Å².